The van der Waals surface area contributed by atoms with Crippen molar-refractivity contribution in [2.75, 3.05) is 0 Å². The SMILES string of the molecule is CCCc1cc(C#N)c(Br)c(-c2ccc(O)cc2)c1. The van der Waals surface area contributed by atoms with E-state index < -0.39 is 0 Å². The van der Waals surface area contributed by atoms with Crippen LogP contribution in [0.25, 0.3) is 11.1 Å². The molecule has 0 radical (unpaired) electrons. The smallest absolute Gasteiger partial charge is 0.115 e. The van der Waals surface area contributed by atoms with Crippen molar-refractivity contribution in [2.24, 2.45) is 0 Å². The Kier molecular flexibility index (Phi) is 4.24. The first-order valence-corrected chi connectivity index (χ1v) is 6.97. The predicted octanol–water partition coefficient (Wildman–Crippen LogP) is 4.65. The first-order chi connectivity index (χ1) is 9.15. The minimum absolute atomic E-state index is 0.241. The molecule has 0 saturated heterocycles. The van der Waals surface area contributed by atoms with Gasteiger partial charge in [-0.25, -0.2) is 0 Å². The average Bonchev–Trinajstić information content (AvgIpc) is 2.42. The maximum absolute atomic E-state index is 9.35. The molecule has 0 saturated carbocycles. The van der Waals surface area contributed by atoms with E-state index in [9.17, 15) is 10.4 Å². The van der Waals surface area contributed by atoms with Crippen LogP contribution in [0.1, 0.15) is 24.5 Å². The summed E-state index contributed by atoms with van der Waals surface area (Å²) in [7, 11) is 0. The summed E-state index contributed by atoms with van der Waals surface area (Å²) in [4.78, 5) is 0. The summed E-state index contributed by atoms with van der Waals surface area (Å²) < 4.78 is 0.806. The lowest BCUT2D eigenvalue weighted by molar-refractivity contribution is 0.475. The Bertz CT molecular complexity index is 626. The zero-order valence-electron chi connectivity index (χ0n) is 10.7. The molecule has 0 atom stereocenters. The molecule has 0 fully saturated rings. The number of nitrogens with zero attached hydrogens (tertiary/aromatic N) is 1. The van der Waals surface area contributed by atoms with Crippen molar-refractivity contribution in [1.29, 1.82) is 5.26 Å². The van der Waals surface area contributed by atoms with Gasteiger partial charge in [0.05, 0.1) is 5.56 Å². The Morgan fingerprint density at radius 1 is 1.21 bits per heavy atom. The van der Waals surface area contributed by atoms with Gasteiger partial charge in [-0.15, -0.1) is 0 Å². The number of phenolic OH excluding ortho intramolecular Hbond substituents is 1. The van der Waals surface area contributed by atoms with Crippen LogP contribution in [0.2, 0.25) is 0 Å². The molecule has 2 rings (SSSR count). The summed E-state index contributed by atoms with van der Waals surface area (Å²) in [6.45, 7) is 2.12. The highest BCUT2D eigenvalue weighted by Gasteiger charge is 2.10. The van der Waals surface area contributed by atoms with Crippen molar-refractivity contribution < 1.29 is 5.11 Å². The van der Waals surface area contributed by atoms with Gasteiger partial charge in [0.25, 0.3) is 0 Å². The Hall–Kier alpha value is -1.79. The number of aromatic hydroxyl groups is 1. The van der Waals surface area contributed by atoms with Gasteiger partial charge in [-0.05, 0) is 63.3 Å². The second-order valence-electron chi connectivity index (χ2n) is 4.41. The third-order valence-electron chi connectivity index (χ3n) is 2.97. The van der Waals surface area contributed by atoms with Gasteiger partial charge in [0.15, 0.2) is 0 Å². The molecule has 0 aliphatic rings. The molecule has 0 aliphatic carbocycles. The number of halogens is 1. The largest absolute Gasteiger partial charge is 0.508 e. The lowest BCUT2D eigenvalue weighted by Gasteiger charge is -2.10. The normalized spacial score (nSPS) is 10.2. The van der Waals surface area contributed by atoms with Gasteiger partial charge in [-0.2, -0.15) is 5.26 Å². The highest BCUT2D eigenvalue weighted by atomic mass is 79.9. The Labute approximate surface area is 121 Å². The lowest BCUT2D eigenvalue weighted by Crippen LogP contribution is -1.91. The third kappa shape index (κ3) is 2.97. The molecule has 0 bridgehead atoms. The van der Waals surface area contributed by atoms with Crippen LogP contribution in [0.3, 0.4) is 0 Å². The number of phenols is 1. The van der Waals surface area contributed by atoms with Crippen molar-refractivity contribution >= 4 is 15.9 Å². The van der Waals surface area contributed by atoms with E-state index in [1.807, 2.05) is 18.2 Å². The standard InChI is InChI=1S/C16H14BrNO/c1-2-3-11-8-13(10-18)16(17)15(9-11)12-4-6-14(19)7-5-12/h4-9,19H,2-3H2,1H3. The summed E-state index contributed by atoms with van der Waals surface area (Å²) in [5, 5.41) is 18.6. The van der Waals surface area contributed by atoms with E-state index >= 15 is 0 Å². The average molecular weight is 316 g/mol. The van der Waals surface area contributed by atoms with E-state index in [-0.39, 0.29) is 5.75 Å². The summed E-state index contributed by atoms with van der Waals surface area (Å²) in [6.07, 6.45) is 1.99. The van der Waals surface area contributed by atoms with E-state index in [2.05, 4.69) is 35.0 Å². The van der Waals surface area contributed by atoms with Crippen molar-refractivity contribution in [1.82, 2.24) is 0 Å². The van der Waals surface area contributed by atoms with Crippen molar-refractivity contribution in [2.45, 2.75) is 19.8 Å². The first kappa shape index (κ1) is 13.6. The van der Waals surface area contributed by atoms with Crippen LogP contribution in [0.15, 0.2) is 40.9 Å². The lowest BCUT2D eigenvalue weighted by atomic mass is 9.98. The van der Waals surface area contributed by atoms with Crippen LogP contribution in [0.5, 0.6) is 5.75 Å². The molecule has 0 heterocycles. The Morgan fingerprint density at radius 3 is 2.47 bits per heavy atom. The summed E-state index contributed by atoms with van der Waals surface area (Å²) >= 11 is 3.50. The minimum Gasteiger partial charge on any atom is -0.508 e. The predicted molar refractivity (Wildman–Crippen MR) is 80.0 cm³/mol. The molecule has 0 spiro atoms. The third-order valence-corrected chi connectivity index (χ3v) is 3.82. The molecule has 2 nitrogen and oxygen atoms in total. The zero-order chi connectivity index (χ0) is 13.8. The quantitative estimate of drug-likeness (QED) is 0.896. The fraction of sp³-hybridized carbons (Fsp3) is 0.188. The van der Waals surface area contributed by atoms with Gasteiger partial charge in [-0.3, -0.25) is 0 Å². The molecule has 1 N–H and O–H groups in total. The fourth-order valence-corrected chi connectivity index (χ4v) is 2.60. The van der Waals surface area contributed by atoms with Gasteiger partial charge >= 0.3 is 0 Å². The minimum atomic E-state index is 0.241. The van der Waals surface area contributed by atoms with Crippen molar-refractivity contribution in [3.8, 4) is 22.9 Å². The topological polar surface area (TPSA) is 44.0 Å². The highest BCUT2D eigenvalue weighted by Crippen LogP contribution is 2.33. The van der Waals surface area contributed by atoms with Gasteiger partial charge in [0, 0.05) is 4.47 Å². The summed E-state index contributed by atoms with van der Waals surface area (Å²) in [5.74, 6) is 0.241. The second kappa shape index (κ2) is 5.90. The maximum Gasteiger partial charge on any atom is 0.115 e. The number of aryl methyl sites for hydroxylation is 1. The molecule has 0 aromatic heterocycles. The van der Waals surface area contributed by atoms with E-state index in [1.54, 1.807) is 12.1 Å². The fourth-order valence-electron chi connectivity index (χ4n) is 2.05. The molecule has 3 heteroatoms. The molecule has 2 aromatic rings. The molecule has 0 aliphatic heterocycles. The molecule has 2 aromatic carbocycles. The van der Waals surface area contributed by atoms with Crippen LogP contribution in [0, 0.1) is 11.3 Å². The number of hydrogen-bond donors (Lipinski definition) is 1. The molecular weight excluding hydrogens is 302 g/mol. The van der Waals surface area contributed by atoms with Crippen molar-refractivity contribution in [3.63, 3.8) is 0 Å². The van der Waals surface area contributed by atoms with Crippen molar-refractivity contribution in [3.05, 3.63) is 52.0 Å². The molecule has 0 unspecified atom stereocenters. The van der Waals surface area contributed by atoms with Crippen LogP contribution < -0.4 is 0 Å². The molecular formula is C16H14BrNO. The van der Waals surface area contributed by atoms with Gasteiger partial charge < -0.3 is 5.11 Å². The number of benzene rings is 2. The second-order valence-corrected chi connectivity index (χ2v) is 5.21. The first-order valence-electron chi connectivity index (χ1n) is 6.17. The Morgan fingerprint density at radius 2 is 1.89 bits per heavy atom. The molecule has 96 valence electrons. The van der Waals surface area contributed by atoms with E-state index in [0.717, 1.165) is 34.0 Å². The molecule has 0 amide bonds. The molecule has 19 heavy (non-hydrogen) atoms. The Balaban J connectivity index is 2.58. The van der Waals surface area contributed by atoms with Gasteiger partial charge in [-0.1, -0.05) is 25.5 Å². The van der Waals surface area contributed by atoms with E-state index in [0.29, 0.717) is 5.56 Å². The number of hydrogen-bond acceptors (Lipinski definition) is 2. The van der Waals surface area contributed by atoms with Crippen LogP contribution in [-0.4, -0.2) is 5.11 Å². The van der Waals surface area contributed by atoms with Gasteiger partial charge in [0.2, 0.25) is 0 Å². The van der Waals surface area contributed by atoms with E-state index in [4.69, 9.17) is 0 Å². The summed E-state index contributed by atoms with van der Waals surface area (Å²) in [6, 6.07) is 13.3. The van der Waals surface area contributed by atoms with Crippen LogP contribution >= 0.6 is 15.9 Å². The van der Waals surface area contributed by atoms with Gasteiger partial charge in [0.1, 0.15) is 11.8 Å². The van der Waals surface area contributed by atoms with Crippen LogP contribution in [-0.2, 0) is 6.42 Å². The van der Waals surface area contributed by atoms with E-state index in [1.165, 1.54) is 0 Å². The number of rotatable bonds is 3. The van der Waals surface area contributed by atoms with Crippen LogP contribution in [0.4, 0.5) is 0 Å². The number of nitriles is 1. The monoisotopic (exact) mass is 315 g/mol. The zero-order valence-corrected chi connectivity index (χ0v) is 12.2. The summed E-state index contributed by atoms with van der Waals surface area (Å²) in [5.41, 5.74) is 3.78. The highest BCUT2D eigenvalue weighted by molar-refractivity contribution is 9.10. The maximum atomic E-state index is 9.35.